The van der Waals surface area contributed by atoms with Gasteiger partial charge in [0.05, 0.1) is 4.90 Å². The smallest absolute Gasteiger partial charge is 0.251 e. The highest BCUT2D eigenvalue weighted by Crippen LogP contribution is 2.21. The minimum absolute atomic E-state index is 0. The van der Waals surface area contributed by atoms with Crippen LogP contribution in [0.15, 0.2) is 29.2 Å². The van der Waals surface area contributed by atoms with Crippen molar-refractivity contribution in [2.75, 3.05) is 32.7 Å². The highest BCUT2D eigenvalue weighted by atomic mass is 35.5. The number of hydrogen-bond acceptors (Lipinski definition) is 4. The third kappa shape index (κ3) is 4.03. The van der Waals surface area contributed by atoms with Gasteiger partial charge in [-0.15, -0.1) is 12.4 Å². The summed E-state index contributed by atoms with van der Waals surface area (Å²) in [6.45, 7) is 3.69. The van der Waals surface area contributed by atoms with Gasteiger partial charge in [-0.3, -0.25) is 4.79 Å². The molecule has 0 aromatic heterocycles. The first kappa shape index (κ1) is 18.2. The van der Waals surface area contributed by atoms with E-state index in [1.165, 1.54) is 16.4 Å². The maximum absolute atomic E-state index is 12.4. The molecule has 8 heteroatoms. The number of sulfonamides is 1. The molecule has 2 aliphatic rings. The van der Waals surface area contributed by atoms with E-state index in [-0.39, 0.29) is 23.2 Å². The Morgan fingerprint density at radius 1 is 1.17 bits per heavy atom. The maximum Gasteiger partial charge on any atom is 0.251 e. The zero-order valence-electron chi connectivity index (χ0n) is 12.8. The largest absolute Gasteiger partial charge is 0.352 e. The molecule has 2 heterocycles. The zero-order valence-corrected chi connectivity index (χ0v) is 14.5. The van der Waals surface area contributed by atoms with Gasteiger partial charge in [0.25, 0.3) is 5.91 Å². The topological polar surface area (TPSA) is 78.5 Å². The summed E-state index contributed by atoms with van der Waals surface area (Å²) in [7, 11) is -3.41. The van der Waals surface area contributed by atoms with Gasteiger partial charge in [0.15, 0.2) is 0 Å². The molecule has 0 bridgehead atoms. The van der Waals surface area contributed by atoms with Gasteiger partial charge in [-0.2, -0.15) is 4.31 Å². The molecule has 6 nitrogen and oxygen atoms in total. The van der Waals surface area contributed by atoms with Crippen LogP contribution in [0.25, 0.3) is 0 Å². The van der Waals surface area contributed by atoms with E-state index in [4.69, 9.17) is 0 Å². The summed E-state index contributed by atoms with van der Waals surface area (Å²) in [6.07, 6.45) is 1.82. The lowest BCUT2D eigenvalue weighted by atomic mass is 10.0. The molecule has 1 aromatic rings. The van der Waals surface area contributed by atoms with E-state index in [2.05, 4.69) is 10.6 Å². The van der Waals surface area contributed by atoms with Crippen molar-refractivity contribution in [1.29, 1.82) is 0 Å². The molecule has 0 spiro atoms. The van der Waals surface area contributed by atoms with Crippen molar-refractivity contribution in [2.24, 2.45) is 5.92 Å². The van der Waals surface area contributed by atoms with Crippen molar-refractivity contribution < 1.29 is 13.2 Å². The van der Waals surface area contributed by atoms with Gasteiger partial charge in [-0.05, 0) is 37.1 Å². The molecule has 1 amide bonds. The molecule has 0 radical (unpaired) electrons. The highest BCUT2D eigenvalue weighted by Gasteiger charge is 2.27. The molecule has 1 aromatic carbocycles. The van der Waals surface area contributed by atoms with E-state index in [0.717, 1.165) is 25.9 Å². The molecule has 2 N–H and O–H groups in total. The summed E-state index contributed by atoms with van der Waals surface area (Å²) in [5, 5.41) is 6.03. The molecule has 0 saturated carbocycles. The van der Waals surface area contributed by atoms with Crippen molar-refractivity contribution in [1.82, 2.24) is 14.9 Å². The molecular formula is C15H22ClN3O3S. The Morgan fingerprint density at radius 2 is 1.78 bits per heavy atom. The van der Waals surface area contributed by atoms with Crippen molar-refractivity contribution in [3.05, 3.63) is 29.8 Å². The second kappa shape index (κ2) is 7.61. The summed E-state index contributed by atoms with van der Waals surface area (Å²) in [5.41, 5.74) is 0.493. The third-order valence-electron chi connectivity index (χ3n) is 4.24. The minimum Gasteiger partial charge on any atom is -0.352 e. The van der Waals surface area contributed by atoms with E-state index in [1.807, 2.05) is 0 Å². The van der Waals surface area contributed by atoms with E-state index >= 15 is 0 Å². The number of benzene rings is 1. The summed E-state index contributed by atoms with van der Waals surface area (Å²) in [5.74, 6) is 0.343. The van der Waals surface area contributed by atoms with E-state index in [0.29, 0.717) is 31.1 Å². The molecule has 23 heavy (non-hydrogen) atoms. The molecule has 2 fully saturated rings. The van der Waals surface area contributed by atoms with Crippen LogP contribution >= 0.6 is 12.4 Å². The molecule has 3 rings (SSSR count). The molecule has 0 aliphatic carbocycles. The Labute approximate surface area is 143 Å². The van der Waals surface area contributed by atoms with Crippen molar-refractivity contribution in [3.8, 4) is 0 Å². The number of hydrogen-bond donors (Lipinski definition) is 2. The van der Waals surface area contributed by atoms with Gasteiger partial charge < -0.3 is 10.6 Å². The van der Waals surface area contributed by atoms with Gasteiger partial charge >= 0.3 is 0 Å². The van der Waals surface area contributed by atoms with Crippen molar-refractivity contribution >= 4 is 28.3 Å². The number of carbonyl (C=O) groups excluding carboxylic acids is 1. The molecular weight excluding hydrogens is 338 g/mol. The number of rotatable bonds is 5. The van der Waals surface area contributed by atoms with Crippen LogP contribution in [0.5, 0.6) is 0 Å². The third-order valence-corrected chi connectivity index (χ3v) is 6.15. The lowest BCUT2D eigenvalue weighted by molar-refractivity contribution is 0.0942. The normalized spacial score (nSPS) is 19.0. The van der Waals surface area contributed by atoms with Crippen molar-refractivity contribution in [3.63, 3.8) is 0 Å². The minimum atomic E-state index is -3.41. The van der Waals surface area contributed by atoms with Crippen LogP contribution < -0.4 is 10.6 Å². The van der Waals surface area contributed by atoms with Crippen LogP contribution in [0, 0.1) is 5.92 Å². The SMILES string of the molecule is Cl.O=C(NCC1CNC1)c1ccc(S(=O)(=O)N2CCCC2)cc1. The second-order valence-electron chi connectivity index (χ2n) is 5.87. The average molecular weight is 360 g/mol. The Hall–Kier alpha value is -1.15. The van der Waals surface area contributed by atoms with Gasteiger partial charge in [-0.1, -0.05) is 0 Å². The summed E-state index contributed by atoms with van der Waals surface area (Å²) >= 11 is 0. The maximum atomic E-state index is 12.4. The summed E-state index contributed by atoms with van der Waals surface area (Å²) < 4.78 is 26.3. The first-order valence-electron chi connectivity index (χ1n) is 7.66. The fraction of sp³-hybridized carbons (Fsp3) is 0.533. The van der Waals surface area contributed by atoms with Crippen LogP contribution in [0.2, 0.25) is 0 Å². The van der Waals surface area contributed by atoms with Gasteiger partial charge in [0.1, 0.15) is 0 Å². The fourth-order valence-electron chi connectivity index (χ4n) is 2.69. The quantitative estimate of drug-likeness (QED) is 0.816. The van der Waals surface area contributed by atoms with Gasteiger partial charge in [-0.25, -0.2) is 8.42 Å². The standard InChI is InChI=1S/C15H21N3O3S.ClH/c19-15(17-11-12-9-16-10-12)13-3-5-14(6-4-13)22(20,21)18-7-1-2-8-18;/h3-6,12,16H,1-2,7-11H2,(H,17,19);1H. The predicted molar refractivity (Wildman–Crippen MR) is 90.4 cm³/mol. The number of halogens is 1. The number of nitrogens with zero attached hydrogens (tertiary/aromatic N) is 1. The van der Waals surface area contributed by atoms with Crippen LogP contribution in [-0.2, 0) is 10.0 Å². The Balaban J connectivity index is 0.00000192. The lowest BCUT2D eigenvalue weighted by Gasteiger charge is -2.27. The predicted octanol–water partition coefficient (Wildman–Crippen LogP) is 0.842. The van der Waals surface area contributed by atoms with Crippen LogP contribution in [0.4, 0.5) is 0 Å². The Morgan fingerprint density at radius 3 is 2.30 bits per heavy atom. The Bertz CT molecular complexity index is 638. The van der Waals surface area contributed by atoms with Crippen LogP contribution in [0.3, 0.4) is 0 Å². The first-order valence-corrected chi connectivity index (χ1v) is 9.10. The molecule has 0 atom stereocenters. The van der Waals surface area contributed by atoms with E-state index < -0.39 is 10.0 Å². The van der Waals surface area contributed by atoms with Crippen molar-refractivity contribution in [2.45, 2.75) is 17.7 Å². The van der Waals surface area contributed by atoms with E-state index in [9.17, 15) is 13.2 Å². The Kier molecular flexibility index (Phi) is 6.02. The summed E-state index contributed by atoms with van der Waals surface area (Å²) in [6, 6.07) is 6.20. The van der Waals surface area contributed by atoms with Gasteiger partial charge in [0, 0.05) is 44.2 Å². The van der Waals surface area contributed by atoms with Gasteiger partial charge in [0.2, 0.25) is 10.0 Å². The van der Waals surface area contributed by atoms with Crippen LogP contribution in [0.1, 0.15) is 23.2 Å². The molecule has 2 saturated heterocycles. The first-order chi connectivity index (χ1) is 10.6. The number of nitrogens with one attached hydrogen (secondary N) is 2. The molecule has 0 unspecified atom stereocenters. The fourth-order valence-corrected chi connectivity index (χ4v) is 4.20. The molecule has 128 valence electrons. The average Bonchev–Trinajstić information content (AvgIpc) is 3.00. The highest BCUT2D eigenvalue weighted by molar-refractivity contribution is 7.89. The summed E-state index contributed by atoms with van der Waals surface area (Å²) in [4.78, 5) is 12.3. The monoisotopic (exact) mass is 359 g/mol. The number of carbonyl (C=O) groups is 1. The second-order valence-corrected chi connectivity index (χ2v) is 7.81. The molecule has 2 aliphatic heterocycles. The van der Waals surface area contributed by atoms with E-state index in [1.54, 1.807) is 12.1 Å². The van der Waals surface area contributed by atoms with Crippen LogP contribution in [-0.4, -0.2) is 51.4 Å². The lowest BCUT2D eigenvalue weighted by Crippen LogP contribution is -2.48. The zero-order chi connectivity index (χ0) is 15.6. The number of amides is 1.